The van der Waals surface area contributed by atoms with Crippen LogP contribution in [-0.2, 0) is 4.79 Å². The molecule has 3 aromatic rings. The van der Waals surface area contributed by atoms with E-state index < -0.39 is 0 Å². The van der Waals surface area contributed by atoms with Crippen molar-refractivity contribution in [2.24, 2.45) is 4.99 Å². The summed E-state index contributed by atoms with van der Waals surface area (Å²) in [7, 11) is 0. The molecule has 3 amide bonds. The lowest BCUT2D eigenvalue weighted by molar-refractivity contribution is -0.115. The summed E-state index contributed by atoms with van der Waals surface area (Å²) in [6, 6.07) is 13.7. The van der Waals surface area contributed by atoms with Gasteiger partial charge in [-0.25, -0.2) is 9.79 Å². The molecule has 0 fully saturated rings. The van der Waals surface area contributed by atoms with E-state index in [0.717, 1.165) is 16.9 Å². The summed E-state index contributed by atoms with van der Waals surface area (Å²) in [5.74, 6) is -0.116. The van der Waals surface area contributed by atoms with Crippen LogP contribution in [0.15, 0.2) is 64.3 Å². The van der Waals surface area contributed by atoms with E-state index in [-0.39, 0.29) is 18.4 Å². The minimum atomic E-state index is -0.375. The highest BCUT2D eigenvalue weighted by molar-refractivity contribution is 7.09. The SMILES string of the molecule is O=C1CC(c2cccc(NC(=O)Nc3ccc(Cl)cc3)c2)=Nc2cscc2N1. The predicted octanol–water partition coefficient (Wildman–Crippen LogP) is 5.51. The molecule has 8 heteroatoms. The fourth-order valence-electron chi connectivity index (χ4n) is 2.77. The highest BCUT2D eigenvalue weighted by atomic mass is 35.5. The molecule has 1 aliphatic rings. The van der Waals surface area contributed by atoms with Gasteiger partial charge < -0.3 is 16.0 Å². The number of carbonyl (C=O) groups excluding carboxylic acids is 2. The lowest BCUT2D eigenvalue weighted by Gasteiger charge is -2.10. The Morgan fingerprint density at radius 3 is 2.68 bits per heavy atom. The minimum absolute atomic E-state index is 0.116. The van der Waals surface area contributed by atoms with E-state index in [2.05, 4.69) is 20.9 Å². The summed E-state index contributed by atoms with van der Waals surface area (Å²) in [6.45, 7) is 0. The zero-order chi connectivity index (χ0) is 19.5. The molecular formula is C20H15ClN4O2S. The molecule has 6 nitrogen and oxygen atoms in total. The Hall–Kier alpha value is -3.16. The third-order valence-electron chi connectivity index (χ3n) is 4.05. The van der Waals surface area contributed by atoms with Crippen LogP contribution in [0.1, 0.15) is 12.0 Å². The number of carbonyl (C=O) groups is 2. The number of hydrogen-bond donors (Lipinski definition) is 3. The fourth-order valence-corrected chi connectivity index (χ4v) is 3.59. The predicted molar refractivity (Wildman–Crippen MR) is 114 cm³/mol. The van der Waals surface area contributed by atoms with E-state index in [1.165, 1.54) is 11.3 Å². The van der Waals surface area contributed by atoms with Crippen molar-refractivity contribution in [3.05, 3.63) is 69.9 Å². The zero-order valence-corrected chi connectivity index (χ0v) is 16.1. The summed E-state index contributed by atoms with van der Waals surface area (Å²) >= 11 is 7.33. The molecule has 0 spiro atoms. The van der Waals surface area contributed by atoms with Gasteiger partial charge in [-0.2, -0.15) is 0 Å². The molecule has 3 N–H and O–H groups in total. The first-order valence-electron chi connectivity index (χ1n) is 8.44. The summed E-state index contributed by atoms with van der Waals surface area (Å²) in [6.07, 6.45) is 0.166. The monoisotopic (exact) mass is 410 g/mol. The van der Waals surface area contributed by atoms with Gasteiger partial charge in [-0.1, -0.05) is 23.7 Å². The van der Waals surface area contributed by atoms with Crippen LogP contribution in [0.2, 0.25) is 5.02 Å². The number of urea groups is 1. The summed E-state index contributed by atoms with van der Waals surface area (Å²) in [4.78, 5) is 29.0. The Kier molecular flexibility index (Phi) is 5.10. The molecule has 4 rings (SSSR count). The third-order valence-corrected chi connectivity index (χ3v) is 5.04. The average Bonchev–Trinajstić information content (AvgIpc) is 3.03. The number of halogens is 1. The first-order valence-corrected chi connectivity index (χ1v) is 9.76. The lowest BCUT2D eigenvalue weighted by Crippen LogP contribution is -2.19. The van der Waals surface area contributed by atoms with Crippen molar-refractivity contribution in [1.29, 1.82) is 0 Å². The fraction of sp³-hybridized carbons (Fsp3) is 0.0500. The molecule has 0 saturated heterocycles. The number of rotatable bonds is 3. The van der Waals surface area contributed by atoms with Crippen molar-refractivity contribution >= 4 is 63.3 Å². The van der Waals surface area contributed by atoms with Gasteiger partial charge >= 0.3 is 6.03 Å². The maximum absolute atomic E-state index is 12.2. The van der Waals surface area contributed by atoms with Crippen molar-refractivity contribution < 1.29 is 9.59 Å². The van der Waals surface area contributed by atoms with Crippen LogP contribution < -0.4 is 16.0 Å². The van der Waals surface area contributed by atoms with Gasteiger partial charge in [-0.15, -0.1) is 11.3 Å². The highest BCUT2D eigenvalue weighted by Crippen LogP contribution is 2.32. The van der Waals surface area contributed by atoms with Gasteiger partial charge in [0, 0.05) is 27.2 Å². The summed E-state index contributed by atoms with van der Waals surface area (Å²) in [5, 5.41) is 12.7. The van der Waals surface area contributed by atoms with Crippen molar-refractivity contribution in [1.82, 2.24) is 0 Å². The number of hydrogen-bond acceptors (Lipinski definition) is 4. The van der Waals surface area contributed by atoms with Gasteiger partial charge in [0.05, 0.1) is 23.5 Å². The molecule has 2 heterocycles. The largest absolute Gasteiger partial charge is 0.323 e. The molecule has 0 aliphatic carbocycles. The summed E-state index contributed by atoms with van der Waals surface area (Å²) < 4.78 is 0. The molecule has 0 unspecified atom stereocenters. The van der Waals surface area contributed by atoms with Crippen LogP contribution in [0.25, 0.3) is 0 Å². The second-order valence-corrected chi connectivity index (χ2v) is 7.30. The van der Waals surface area contributed by atoms with E-state index in [9.17, 15) is 9.59 Å². The van der Waals surface area contributed by atoms with Gasteiger partial charge in [-0.05, 0) is 42.0 Å². The zero-order valence-electron chi connectivity index (χ0n) is 14.5. The third kappa shape index (κ3) is 4.21. The Morgan fingerprint density at radius 1 is 1.07 bits per heavy atom. The number of aliphatic imine (C=N–C) groups is 1. The number of nitrogens with zero attached hydrogens (tertiary/aromatic N) is 1. The smallest absolute Gasteiger partial charge is 0.323 e. The van der Waals surface area contributed by atoms with Crippen molar-refractivity contribution in [2.45, 2.75) is 6.42 Å². The Bertz CT molecular complexity index is 1080. The lowest BCUT2D eigenvalue weighted by atomic mass is 10.1. The Labute approximate surface area is 170 Å². The van der Waals surface area contributed by atoms with Crippen LogP contribution in [0.4, 0.5) is 27.5 Å². The van der Waals surface area contributed by atoms with E-state index in [1.807, 2.05) is 22.9 Å². The molecule has 0 saturated carbocycles. The number of anilines is 3. The van der Waals surface area contributed by atoms with Crippen LogP contribution in [0, 0.1) is 0 Å². The maximum Gasteiger partial charge on any atom is 0.323 e. The number of amides is 3. The van der Waals surface area contributed by atoms with Crippen molar-refractivity contribution in [2.75, 3.05) is 16.0 Å². The van der Waals surface area contributed by atoms with E-state index in [4.69, 9.17) is 11.6 Å². The maximum atomic E-state index is 12.2. The summed E-state index contributed by atoms with van der Waals surface area (Å²) in [5.41, 5.74) is 4.12. The molecule has 1 aliphatic heterocycles. The molecule has 140 valence electrons. The van der Waals surface area contributed by atoms with E-state index in [0.29, 0.717) is 22.1 Å². The van der Waals surface area contributed by atoms with Crippen molar-refractivity contribution in [3.8, 4) is 0 Å². The first-order chi connectivity index (χ1) is 13.6. The van der Waals surface area contributed by atoms with Crippen LogP contribution in [0.3, 0.4) is 0 Å². The van der Waals surface area contributed by atoms with Gasteiger partial charge in [0.2, 0.25) is 5.91 Å². The molecule has 0 radical (unpaired) electrons. The van der Waals surface area contributed by atoms with Crippen LogP contribution >= 0.6 is 22.9 Å². The number of fused-ring (bicyclic) bond motifs is 1. The van der Waals surface area contributed by atoms with E-state index >= 15 is 0 Å². The Balaban J connectivity index is 1.52. The highest BCUT2D eigenvalue weighted by Gasteiger charge is 2.18. The topological polar surface area (TPSA) is 82.6 Å². The standard InChI is InChI=1S/C20H15ClN4O2S/c21-13-4-6-14(7-5-13)22-20(27)23-15-3-1-2-12(8-15)16-9-19(26)25-18-11-28-10-17(18)24-16/h1-8,10-11H,9H2,(H,25,26)(H2,22,23,27). The number of thiophene rings is 1. The first kappa shape index (κ1) is 18.2. The van der Waals surface area contributed by atoms with Gasteiger partial charge in [0.1, 0.15) is 0 Å². The Morgan fingerprint density at radius 2 is 1.86 bits per heavy atom. The molecular weight excluding hydrogens is 396 g/mol. The quantitative estimate of drug-likeness (QED) is 0.532. The minimum Gasteiger partial charge on any atom is -0.323 e. The van der Waals surface area contributed by atoms with Crippen molar-refractivity contribution in [3.63, 3.8) is 0 Å². The second kappa shape index (κ2) is 7.84. The van der Waals surface area contributed by atoms with E-state index in [1.54, 1.807) is 36.4 Å². The molecule has 0 bridgehead atoms. The number of nitrogens with one attached hydrogen (secondary N) is 3. The number of benzene rings is 2. The van der Waals surface area contributed by atoms with Gasteiger partial charge in [-0.3, -0.25) is 4.79 Å². The van der Waals surface area contributed by atoms with Crippen LogP contribution in [-0.4, -0.2) is 17.6 Å². The van der Waals surface area contributed by atoms with Gasteiger partial charge in [0.15, 0.2) is 0 Å². The normalized spacial score (nSPS) is 13.0. The molecule has 2 aromatic carbocycles. The van der Waals surface area contributed by atoms with Gasteiger partial charge in [0.25, 0.3) is 0 Å². The second-order valence-electron chi connectivity index (χ2n) is 6.12. The van der Waals surface area contributed by atoms with Crippen LogP contribution in [0.5, 0.6) is 0 Å². The molecule has 0 atom stereocenters. The molecule has 1 aromatic heterocycles. The average molecular weight is 411 g/mol. The molecule has 28 heavy (non-hydrogen) atoms.